The van der Waals surface area contributed by atoms with E-state index in [1.54, 1.807) is 18.9 Å². The molecule has 0 aliphatic carbocycles. The number of hydroxylamine groups is 1. The van der Waals surface area contributed by atoms with Gasteiger partial charge in [-0.05, 0) is 42.0 Å². The highest BCUT2D eigenvalue weighted by Gasteiger charge is 2.27. The lowest BCUT2D eigenvalue weighted by Gasteiger charge is -2.15. The van der Waals surface area contributed by atoms with E-state index in [4.69, 9.17) is 10.5 Å². The number of anilines is 2. The Morgan fingerprint density at radius 3 is 2.70 bits per heavy atom. The summed E-state index contributed by atoms with van der Waals surface area (Å²) in [5.74, 6) is 0.789. The summed E-state index contributed by atoms with van der Waals surface area (Å²) >= 11 is 1.58. The average molecular weight is 326 g/mol. The second-order valence-corrected chi connectivity index (χ2v) is 6.26. The van der Waals surface area contributed by atoms with E-state index in [0.717, 1.165) is 27.6 Å². The zero-order valence-electron chi connectivity index (χ0n) is 12.7. The number of methoxy groups -OCH3 is 1. The summed E-state index contributed by atoms with van der Waals surface area (Å²) in [6.45, 7) is 0. The molecular weight excluding hydrogens is 308 g/mol. The molecule has 1 atom stereocenters. The number of allylic oxidation sites excluding steroid dienone is 2. The Morgan fingerprint density at radius 1 is 1.17 bits per heavy atom. The van der Waals surface area contributed by atoms with Gasteiger partial charge in [0.05, 0.1) is 12.8 Å². The largest absolute Gasteiger partial charge is 0.497 e. The topological polar surface area (TPSA) is 58.7 Å². The summed E-state index contributed by atoms with van der Waals surface area (Å²) in [4.78, 5) is 1.00. The molecule has 2 aromatic carbocycles. The Hall–Kier alpha value is -2.37. The minimum atomic E-state index is -0.145. The van der Waals surface area contributed by atoms with Crippen LogP contribution in [0, 0.1) is 0 Å². The minimum absolute atomic E-state index is 0.145. The number of ether oxygens (including phenoxy) is 1. The van der Waals surface area contributed by atoms with Crippen LogP contribution in [0.15, 0.2) is 65.6 Å². The second kappa shape index (κ2) is 6.81. The average Bonchev–Trinajstić information content (AvgIpc) is 2.88. The van der Waals surface area contributed by atoms with Crippen molar-refractivity contribution in [3.63, 3.8) is 0 Å². The predicted octanol–water partition coefficient (Wildman–Crippen LogP) is 4.17. The highest BCUT2D eigenvalue weighted by Crippen LogP contribution is 2.44. The van der Waals surface area contributed by atoms with Gasteiger partial charge in [0.1, 0.15) is 11.1 Å². The molecule has 1 aliphatic heterocycles. The van der Waals surface area contributed by atoms with Gasteiger partial charge in [0.25, 0.3) is 0 Å². The first-order chi connectivity index (χ1) is 11.2. The SMILES string of the molecule is COc1ccc2c(c1)SC(/C=C/C=C/c1ccc(N)cc1)N2O. The Bertz CT molecular complexity index is 741. The maximum Gasteiger partial charge on any atom is 0.125 e. The number of benzene rings is 2. The van der Waals surface area contributed by atoms with Crippen molar-refractivity contribution in [3.8, 4) is 5.75 Å². The van der Waals surface area contributed by atoms with Crippen LogP contribution in [-0.4, -0.2) is 17.7 Å². The molecule has 1 aliphatic rings. The summed E-state index contributed by atoms with van der Waals surface area (Å²) in [5, 5.41) is 11.4. The molecule has 0 bridgehead atoms. The monoisotopic (exact) mass is 326 g/mol. The number of rotatable bonds is 4. The molecule has 0 aromatic heterocycles. The first-order valence-corrected chi connectivity index (χ1v) is 8.08. The summed E-state index contributed by atoms with van der Waals surface area (Å²) < 4.78 is 5.21. The number of fused-ring (bicyclic) bond motifs is 1. The summed E-state index contributed by atoms with van der Waals surface area (Å²) in [5.41, 5.74) is 8.29. The maximum absolute atomic E-state index is 10.2. The number of nitrogens with zero attached hydrogens (tertiary/aromatic N) is 1. The van der Waals surface area contributed by atoms with Crippen LogP contribution in [-0.2, 0) is 0 Å². The van der Waals surface area contributed by atoms with Crippen molar-refractivity contribution < 1.29 is 9.94 Å². The highest BCUT2D eigenvalue weighted by atomic mass is 32.2. The van der Waals surface area contributed by atoms with E-state index in [0.29, 0.717) is 0 Å². The number of hydrogen-bond acceptors (Lipinski definition) is 5. The third-order valence-electron chi connectivity index (χ3n) is 3.51. The van der Waals surface area contributed by atoms with E-state index in [-0.39, 0.29) is 5.37 Å². The first kappa shape index (κ1) is 15.5. The maximum atomic E-state index is 10.2. The first-order valence-electron chi connectivity index (χ1n) is 7.20. The molecular formula is C18H18N2O2S. The minimum Gasteiger partial charge on any atom is -0.497 e. The zero-order chi connectivity index (χ0) is 16.2. The molecule has 0 saturated carbocycles. The number of nitrogen functional groups attached to an aromatic ring is 1. The van der Waals surface area contributed by atoms with Crippen molar-refractivity contribution in [2.24, 2.45) is 0 Å². The van der Waals surface area contributed by atoms with Gasteiger partial charge in [-0.1, -0.05) is 42.1 Å². The molecule has 0 amide bonds. The van der Waals surface area contributed by atoms with Crippen LogP contribution in [0.4, 0.5) is 11.4 Å². The van der Waals surface area contributed by atoms with E-state index in [1.165, 1.54) is 5.06 Å². The van der Waals surface area contributed by atoms with Crippen molar-refractivity contribution in [2.45, 2.75) is 10.3 Å². The van der Waals surface area contributed by atoms with Crippen molar-refractivity contribution in [3.05, 3.63) is 66.3 Å². The van der Waals surface area contributed by atoms with Crippen LogP contribution in [0.25, 0.3) is 6.08 Å². The van der Waals surface area contributed by atoms with Crippen LogP contribution >= 0.6 is 11.8 Å². The van der Waals surface area contributed by atoms with Gasteiger partial charge >= 0.3 is 0 Å². The third kappa shape index (κ3) is 3.52. The van der Waals surface area contributed by atoms with Gasteiger partial charge in [0, 0.05) is 10.6 Å². The summed E-state index contributed by atoms with van der Waals surface area (Å²) in [6, 6.07) is 13.3. The standard InChI is InChI=1S/C18H18N2O2S/c1-22-15-10-11-16-17(12-15)23-18(20(16)21)5-3-2-4-13-6-8-14(19)9-7-13/h2-12,18,21H,19H2,1H3/b4-2+,5-3+. The Kier molecular flexibility index (Phi) is 4.60. The van der Waals surface area contributed by atoms with Gasteiger partial charge in [-0.25, -0.2) is 5.06 Å². The quantitative estimate of drug-likeness (QED) is 0.652. The molecule has 2 aromatic rings. The van der Waals surface area contributed by atoms with Crippen molar-refractivity contribution in [1.29, 1.82) is 0 Å². The van der Waals surface area contributed by atoms with E-state index in [1.807, 2.05) is 66.8 Å². The van der Waals surface area contributed by atoms with E-state index in [2.05, 4.69) is 0 Å². The van der Waals surface area contributed by atoms with Gasteiger partial charge in [-0.15, -0.1) is 0 Å². The van der Waals surface area contributed by atoms with Gasteiger partial charge in [-0.3, -0.25) is 5.21 Å². The predicted molar refractivity (Wildman–Crippen MR) is 95.9 cm³/mol. The van der Waals surface area contributed by atoms with Crippen molar-refractivity contribution in [1.82, 2.24) is 0 Å². The summed E-state index contributed by atoms with van der Waals surface area (Å²) in [6.07, 6.45) is 7.82. The molecule has 0 saturated heterocycles. The number of thioether (sulfide) groups is 1. The Labute approximate surface area is 139 Å². The smallest absolute Gasteiger partial charge is 0.125 e. The van der Waals surface area contributed by atoms with Crippen LogP contribution in [0.5, 0.6) is 5.75 Å². The van der Waals surface area contributed by atoms with E-state index < -0.39 is 0 Å². The highest BCUT2D eigenvalue weighted by molar-refractivity contribution is 8.00. The summed E-state index contributed by atoms with van der Waals surface area (Å²) in [7, 11) is 1.64. The molecule has 0 spiro atoms. The van der Waals surface area contributed by atoms with Gasteiger partial charge < -0.3 is 10.5 Å². The van der Waals surface area contributed by atoms with E-state index in [9.17, 15) is 5.21 Å². The van der Waals surface area contributed by atoms with Gasteiger partial charge in [0.2, 0.25) is 0 Å². The normalized spacial score (nSPS) is 17.1. The number of nitrogens with two attached hydrogens (primary N) is 1. The van der Waals surface area contributed by atoms with Gasteiger partial charge in [-0.2, -0.15) is 0 Å². The van der Waals surface area contributed by atoms with Crippen LogP contribution in [0.3, 0.4) is 0 Å². The van der Waals surface area contributed by atoms with Crippen molar-refractivity contribution >= 4 is 29.2 Å². The molecule has 4 nitrogen and oxygen atoms in total. The molecule has 1 unspecified atom stereocenters. The van der Waals surface area contributed by atoms with Crippen molar-refractivity contribution in [2.75, 3.05) is 17.9 Å². The molecule has 23 heavy (non-hydrogen) atoms. The molecule has 5 heteroatoms. The van der Waals surface area contributed by atoms with E-state index >= 15 is 0 Å². The number of hydrogen-bond donors (Lipinski definition) is 2. The Balaban J connectivity index is 1.66. The third-order valence-corrected chi connectivity index (χ3v) is 4.69. The zero-order valence-corrected chi connectivity index (χ0v) is 13.5. The lowest BCUT2D eigenvalue weighted by atomic mass is 10.2. The van der Waals surface area contributed by atoms with Crippen LogP contribution < -0.4 is 15.5 Å². The fraction of sp³-hybridized carbons (Fsp3) is 0.111. The molecule has 1 heterocycles. The second-order valence-electron chi connectivity index (χ2n) is 5.10. The van der Waals surface area contributed by atoms with Gasteiger partial charge in [0.15, 0.2) is 0 Å². The molecule has 0 radical (unpaired) electrons. The van der Waals surface area contributed by atoms with Crippen LogP contribution in [0.2, 0.25) is 0 Å². The fourth-order valence-corrected chi connectivity index (χ4v) is 3.39. The molecule has 3 rings (SSSR count). The lowest BCUT2D eigenvalue weighted by molar-refractivity contribution is 0.259. The molecule has 0 fully saturated rings. The fourth-order valence-electron chi connectivity index (χ4n) is 2.28. The molecule has 3 N–H and O–H groups in total. The lowest BCUT2D eigenvalue weighted by Crippen LogP contribution is -2.22. The van der Waals surface area contributed by atoms with Crippen LogP contribution in [0.1, 0.15) is 5.56 Å². The molecule has 118 valence electrons. The Morgan fingerprint density at radius 2 is 1.96 bits per heavy atom.